The zero-order valence-corrected chi connectivity index (χ0v) is 10.4. The number of aliphatic hydroxyl groups is 1. The second-order valence-corrected chi connectivity index (χ2v) is 5.72. The number of β-amino-alcohol motifs (C(OH)–C–C–N with tert-alkyl or cyclic N) is 1. The lowest BCUT2D eigenvalue weighted by molar-refractivity contribution is 0.0617. The van der Waals surface area contributed by atoms with E-state index >= 15 is 0 Å². The third-order valence-corrected chi connectivity index (χ3v) is 3.48. The van der Waals surface area contributed by atoms with Crippen LogP contribution in [0.1, 0.15) is 40.0 Å². The standard InChI is InChI=1S/C12H26N2O/c1-4-5-11(2,8-13)9-14-7-6-12(3,15)10-14/h15H,4-10,13H2,1-3H3. The van der Waals surface area contributed by atoms with Crippen molar-refractivity contribution in [2.45, 2.75) is 45.6 Å². The Morgan fingerprint density at radius 2 is 2.20 bits per heavy atom. The smallest absolute Gasteiger partial charge is 0.0758 e. The lowest BCUT2D eigenvalue weighted by Gasteiger charge is -2.33. The summed E-state index contributed by atoms with van der Waals surface area (Å²) in [6.07, 6.45) is 3.24. The Labute approximate surface area is 93.6 Å². The SMILES string of the molecule is CCCC(C)(CN)CN1CCC(C)(O)C1. The highest BCUT2D eigenvalue weighted by molar-refractivity contribution is 4.89. The van der Waals surface area contributed by atoms with Crippen LogP contribution in [0.25, 0.3) is 0 Å². The van der Waals surface area contributed by atoms with Gasteiger partial charge in [-0.1, -0.05) is 20.3 Å². The second kappa shape index (κ2) is 4.81. The van der Waals surface area contributed by atoms with E-state index in [1.165, 1.54) is 12.8 Å². The molecular formula is C12H26N2O. The maximum Gasteiger partial charge on any atom is 0.0758 e. The zero-order valence-electron chi connectivity index (χ0n) is 10.4. The molecule has 90 valence electrons. The van der Waals surface area contributed by atoms with E-state index in [1.54, 1.807) is 0 Å². The number of hydrogen-bond donors (Lipinski definition) is 2. The maximum absolute atomic E-state index is 9.89. The molecule has 0 spiro atoms. The molecule has 3 N–H and O–H groups in total. The van der Waals surface area contributed by atoms with E-state index in [0.29, 0.717) is 0 Å². The number of nitrogens with two attached hydrogens (primary N) is 1. The normalized spacial score (nSPS) is 31.8. The highest BCUT2D eigenvalue weighted by Gasteiger charge is 2.34. The summed E-state index contributed by atoms with van der Waals surface area (Å²) in [4.78, 5) is 2.35. The quantitative estimate of drug-likeness (QED) is 0.723. The number of nitrogens with zero attached hydrogens (tertiary/aromatic N) is 1. The first-order valence-corrected chi connectivity index (χ1v) is 6.06. The van der Waals surface area contributed by atoms with Crippen LogP contribution in [0.2, 0.25) is 0 Å². The summed E-state index contributed by atoms with van der Waals surface area (Å²) in [5.74, 6) is 0. The minimum atomic E-state index is -0.484. The van der Waals surface area contributed by atoms with Crippen LogP contribution in [0.3, 0.4) is 0 Å². The van der Waals surface area contributed by atoms with Crippen molar-refractivity contribution in [1.82, 2.24) is 4.90 Å². The van der Waals surface area contributed by atoms with Gasteiger partial charge in [0.05, 0.1) is 5.60 Å². The van der Waals surface area contributed by atoms with Crippen LogP contribution >= 0.6 is 0 Å². The topological polar surface area (TPSA) is 49.5 Å². The van der Waals surface area contributed by atoms with E-state index < -0.39 is 5.60 Å². The molecule has 0 radical (unpaired) electrons. The van der Waals surface area contributed by atoms with E-state index in [0.717, 1.165) is 32.6 Å². The number of rotatable bonds is 5. The fourth-order valence-electron chi connectivity index (χ4n) is 2.56. The first-order valence-electron chi connectivity index (χ1n) is 6.06. The summed E-state index contributed by atoms with van der Waals surface area (Å²) in [7, 11) is 0. The molecule has 0 aliphatic carbocycles. The summed E-state index contributed by atoms with van der Waals surface area (Å²) in [5, 5.41) is 9.89. The molecule has 0 aromatic heterocycles. The van der Waals surface area contributed by atoms with Gasteiger partial charge in [-0.15, -0.1) is 0 Å². The van der Waals surface area contributed by atoms with Crippen molar-refractivity contribution >= 4 is 0 Å². The van der Waals surface area contributed by atoms with Gasteiger partial charge >= 0.3 is 0 Å². The van der Waals surface area contributed by atoms with E-state index in [9.17, 15) is 5.11 Å². The highest BCUT2D eigenvalue weighted by Crippen LogP contribution is 2.28. The van der Waals surface area contributed by atoms with Crippen molar-refractivity contribution in [2.75, 3.05) is 26.2 Å². The molecule has 2 atom stereocenters. The molecule has 1 aliphatic heterocycles. The van der Waals surface area contributed by atoms with Gasteiger partial charge in [-0.05, 0) is 31.7 Å². The number of likely N-dealkylation sites (tertiary alicyclic amines) is 1. The molecule has 0 saturated carbocycles. The van der Waals surface area contributed by atoms with Crippen LogP contribution in [0, 0.1) is 5.41 Å². The molecule has 0 aromatic rings. The first kappa shape index (κ1) is 12.9. The Morgan fingerprint density at radius 3 is 2.60 bits per heavy atom. The molecule has 3 nitrogen and oxygen atoms in total. The predicted molar refractivity (Wildman–Crippen MR) is 63.8 cm³/mol. The van der Waals surface area contributed by atoms with Crippen LogP contribution in [-0.4, -0.2) is 41.8 Å². The Morgan fingerprint density at radius 1 is 1.53 bits per heavy atom. The van der Waals surface area contributed by atoms with Crippen LogP contribution in [-0.2, 0) is 0 Å². The molecule has 0 amide bonds. The highest BCUT2D eigenvalue weighted by atomic mass is 16.3. The Bertz CT molecular complexity index is 206. The van der Waals surface area contributed by atoms with Gasteiger partial charge in [-0.25, -0.2) is 0 Å². The van der Waals surface area contributed by atoms with Crippen molar-refractivity contribution in [1.29, 1.82) is 0 Å². The minimum Gasteiger partial charge on any atom is -0.389 e. The van der Waals surface area contributed by atoms with Crippen molar-refractivity contribution in [2.24, 2.45) is 11.1 Å². The largest absolute Gasteiger partial charge is 0.389 e. The Hall–Kier alpha value is -0.120. The molecule has 0 bridgehead atoms. The molecule has 0 aromatic carbocycles. The van der Waals surface area contributed by atoms with Crippen LogP contribution in [0.5, 0.6) is 0 Å². The Balaban J connectivity index is 2.46. The van der Waals surface area contributed by atoms with Gasteiger partial charge in [0.2, 0.25) is 0 Å². The summed E-state index contributed by atoms with van der Waals surface area (Å²) < 4.78 is 0. The van der Waals surface area contributed by atoms with Crippen molar-refractivity contribution in [3.05, 3.63) is 0 Å². The molecule has 1 heterocycles. The van der Waals surface area contributed by atoms with E-state index in [2.05, 4.69) is 18.7 Å². The summed E-state index contributed by atoms with van der Waals surface area (Å²) in [6.45, 7) is 9.94. The number of hydrogen-bond acceptors (Lipinski definition) is 3. The summed E-state index contributed by atoms with van der Waals surface area (Å²) in [6, 6.07) is 0. The molecule has 2 unspecified atom stereocenters. The van der Waals surface area contributed by atoms with Gasteiger partial charge < -0.3 is 10.8 Å². The molecule has 1 saturated heterocycles. The van der Waals surface area contributed by atoms with Crippen LogP contribution in [0.4, 0.5) is 0 Å². The molecule has 3 heteroatoms. The average molecular weight is 214 g/mol. The molecule has 1 aliphatic rings. The van der Waals surface area contributed by atoms with Gasteiger partial charge in [0.1, 0.15) is 0 Å². The minimum absolute atomic E-state index is 0.217. The van der Waals surface area contributed by atoms with Crippen molar-refractivity contribution < 1.29 is 5.11 Å². The molecular weight excluding hydrogens is 188 g/mol. The van der Waals surface area contributed by atoms with Gasteiger partial charge in [-0.2, -0.15) is 0 Å². The molecule has 1 rings (SSSR count). The van der Waals surface area contributed by atoms with E-state index in [-0.39, 0.29) is 5.41 Å². The van der Waals surface area contributed by atoms with Gasteiger partial charge in [0, 0.05) is 19.6 Å². The second-order valence-electron chi connectivity index (χ2n) is 5.72. The van der Waals surface area contributed by atoms with Crippen LogP contribution in [0.15, 0.2) is 0 Å². The van der Waals surface area contributed by atoms with Crippen LogP contribution < -0.4 is 5.73 Å². The first-order chi connectivity index (χ1) is 6.91. The lowest BCUT2D eigenvalue weighted by atomic mass is 9.85. The fraction of sp³-hybridized carbons (Fsp3) is 1.00. The third-order valence-electron chi connectivity index (χ3n) is 3.48. The van der Waals surface area contributed by atoms with Gasteiger partial charge in [0.25, 0.3) is 0 Å². The molecule has 1 fully saturated rings. The van der Waals surface area contributed by atoms with Gasteiger partial charge in [-0.3, -0.25) is 4.90 Å². The lowest BCUT2D eigenvalue weighted by Crippen LogP contribution is -2.41. The van der Waals surface area contributed by atoms with Crippen molar-refractivity contribution in [3.63, 3.8) is 0 Å². The third kappa shape index (κ3) is 3.74. The van der Waals surface area contributed by atoms with Crippen molar-refractivity contribution in [3.8, 4) is 0 Å². The van der Waals surface area contributed by atoms with Gasteiger partial charge in [0.15, 0.2) is 0 Å². The summed E-state index contributed by atoms with van der Waals surface area (Å²) in [5.41, 5.74) is 5.58. The predicted octanol–water partition coefficient (Wildman–Crippen LogP) is 1.21. The Kier molecular flexibility index (Phi) is 4.15. The van der Waals surface area contributed by atoms with E-state index in [4.69, 9.17) is 5.73 Å². The fourth-order valence-corrected chi connectivity index (χ4v) is 2.56. The maximum atomic E-state index is 9.89. The van der Waals surface area contributed by atoms with E-state index in [1.807, 2.05) is 6.92 Å². The average Bonchev–Trinajstić information content (AvgIpc) is 2.46. The molecule has 15 heavy (non-hydrogen) atoms. The zero-order chi connectivity index (χ0) is 11.5. The monoisotopic (exact) mass is 214 g/mol. The summed E-state index contributed by atoms with van der Waals surface area (Å²) >= 11 is 0.